The van der Waals surface area contributed by atoms with Crippen molar-refractivity contribution in [2.75, 3.05) is 37.8 Å². The van der Waals surface area contributed by atoms with Crippen LogP contribution in [0.25, 0.3) is 0 Å². The van der Waals surface area contributed by atoms with Gasteiger partial charge in [-0.05, 0) is 32.9 Å². The molecule has 7 nitrogen and oxygen atoms in total. The van der Waals surface area contributed by atoms with E-state index in [0.717, 1.165) is 5.69 Å². The number of aromatic nitrogens is 2. The van der Waals surface area contributed by atoms with E-state index in [1.54, 1.807) is 11.9 Å². The minimum absolute atomic E-state index is 0.0404. The summed E-state index contributed by atoms with van der Waals surface area (Å²) in [5.41, 5.74) is 2.13. The number of anilines is 2. The van der Waals surface area contributed by atoms with E-state index in [4.69, 9.17) is 0 Å². The smallest absolute Gasteiger partial charge is 0.242 e. The molecule has 2 rings (SSSR count). The predicted molar refractivity (Wildman–Crippen MR) is 111 cm³/mol. The molecule has 0 aliphatic carbocycles. The van der Waals surface area contributed by atoms with Crippen molar-refractivity contribution in [1.82, 2.24) is 20.0 Å². The number of benzene rings is 1. The largest absolute Gasteiger partial charge is 0.342 e. The highest BCUT2D eigenvalue weighted by atomic mass is 32.2. The van der Waals surface area contributed by atoms with Gasteiger partial charge in [-0.1, -0.05) is 40.8 Å². The molecule has 0 saturated carbocycles. The van der Waals surface area contributed by atoms with Gasteiger partial charge in [0, 0.05) is 25.8 Å². The lowest BCUT2D eigenvalue weighted by molar-refractivity contribution is -0.137. The van der Waals surface area contributed by atoms with E-state index in [1.165, 1.54) is 33.6 Å². The quantitative estimate of drug-likeness (QED) is 0.644. The maximum atomic E-state index is 12.3. The SMILES string of the molecule is CCN(CC)C(=O)CN(C)C(=O)CSc1nnc(Nc2ccc(C)cc2)s1. The average molecular weight is 408 g/mol. The highest BCUT2D eigenvalue weighted by molar-refractivity contribution is 8.01. The van der Waals surface area contributed by atoms with E-state index in [2.05, 4.69) is 15.5 Å². The first kappa shape index (κ1) is 21.2. The Balaban J connectivity index is 1.82. The van der Waals surface area contributed by atoms with Gasteiger partial charge in [-0.15, -0.1) is 10.2 Å². The average Bonchev–Trinajstić information content (AvgIpc) is 3.10. The van der Waals surface area contributed by atoms with Crippen LogP contribution < -0.4 is 5.32 Å². The van der Waals surface area contributed by atoms with Gasteiger partial charge in [-0.3, -0.25) is 9.59 Å². The fourth-order valence-corrected chi connectivity index (χ4v) is 3.99. The van der Waals surface area contributed by atoms with Crippen molar-refractivity contribution >= 4 is 45.7 Å². The highest BCUT2D eigenvalue weighted by Gasteiger charge is 2.17. The first-order chi connectivity index (χ1) is 12.9. The van der Waals surface area contributed by atoms with Crippen molar-refractivity contribution in [3.05, 3.63) is 29.8 Å². The predicted octanol–water partition coefficient (Wildman–Crippen LogP) is 3.01. The molecular weight excluding hydrogens is 382 g/mol. The van der Waals surface area contributed by atoms with E-state index < -0.39 is 0 Å². The zero-order valence-electron chi connectivity index (χ0n) is 16.1. The zero-order chi connectivity index (χ0) is 19.8. The molecule has 1 N–H and O–H groups in total. The number of likely N-dealkylation sites (N-methyl/N-ethyl adjacent to an activating group) is 2. The first-order valence-corrected chi connectivity index (χ1v) is 10.5. The van der Waals surface area contributed by atoms with E-state index >= 15 is 0 Å². The molecule has 0 aliphatic heterocycles. The number of amides is 2. The van der Waals surface area contributed by atoms with Crippen LogP contribution >= 0.6 is 23.1 Å². The number of carbonyl (C=O) groups excluding carboxylic acids is 2. The lowest BCUT2D eigenvalue weighted by Crippen LogP contribution is -2.41. The van der Waals surface area contributed by atoms with Crippen molar-refractivity contribution in [2.24, 2.45) is 0 Å². The molecule has 146 valence electrons. The Hall–Kier alpha value is -2.13. The van der Waals surface area contributed by atoms with Gasteiger partial charge in [-0.2, -0.15) is 0 Å². The molecule has 1 heterocycles. The molecule has 0 aliphatic rings. The summed E-state index contributed by atoms with van der Waals surface area (Å²) < 4.78 is 0.710. The van der Waals surface area contributed by atoms with Crippen LogP contribution in [0, 0.1) is 6.92 Å². The second kappa shape index (κ2) is 10.3. The minimum Gasteiger partial charge on any atom is -0.342 e. The molecule has 27 heavy (non-hydrogen) atoms. The zero-order valence-corrected chi connectivity index (χ0v) is 17.7. The van der Waals surface area contributed by atoms with Gasteiger partial charge in [-0.25, -0.2) is 0 Å². The number of carbonyl (C=O) groups is 2. The topological polar surface area (TPSA) is 78.4 Å². The normalized spacial score (nSPS) is 10.5. The number of nitrogens with one attached hydrogen (secondary N) is 1. The van der Waals surface area contributed by atoms with Crippen LogP contribution in [0.5, 0.6) is 0 Å². The lowest BCUT2D eigenvalue weighted by Gasteiger charge is -2.23. The van der Waals surface area contributed by atoms with Gasteiger partial charge < -0.3 is 15.1 Å². The monoisotopic (exact) mass is 407 g/mol. The van der Waals surface area contributed by atoms with Crippen LogP contribution in [0.15, 0.2) is 28.6 Å². The third-order valence-corrected chi connectivity index (χ3v) is 5.90. The summed E-state index contributed by atoms with van der Waals surface area (Å²) >= 11 is 2.72. The first-order valence-electron chi connectivity index (χ1n) is 8.74. The Morgan fingerprint density at radius 1 is 1.11 bits per heavy atom. The maximum Gasteiger partial charge on any atom is 0.242 e. The number of aryl methyl sites for hydroxylation is 1. The molecule has 2 aromatic rings. The number of hydrogen-bond acceptors (Lipinski definition) is 7. The Morgan fingerprint density at radius 2 is 1.78 bits per heavy atom. The lowest BCUT2D eigenvalue weighted by atomic mass is 10.2. The molecule has 0 radical (unpaired) electrons. The molecule has 0 unspecified atom stereocenters. The molecule has 0 spiro atoms. The number of thioether (sulfide) groups is 1. The minimum atomic E-state index is -0.108. The van der Waals surface area contributed by atoms with Crippen molar-refractivity contribution < 1.29 is 9.59 Å². The summed E-state index contributed by atoms with van der Waals surface area (Å²) in [6, 6.07) is 8.00. The Bertz CT molecular complexity index is 759. The maximum absolute atomic E-state index is 12.3. The highest BCUT2D eigenvalue weighted by Crippen LogP contribution is 2.27. The van der Waals surface area contributed by atoms with Crippen LogP contribution in [-0.2, 0) is 9.59 Å². The number of nitrogens with zero attached hydrogens (tertiary/aromatic N) is 4. The van der Waals surface area contributed by atoms with Crippen molar-refractivity contribution in [3.63, 3.8) is 0 Å². The molecule has 1 aromatic carbocycles. The molecule has 2 amide bonds. The summed E-state index contributed by atoms with van der Waals surface area (Å²) in [6.45, 7) is 7.28. The summed E-state index contributed by atoms with van der Waals surface area (Å²) in [7, 11) is 1.65. The molecule has 0 atom stereocenters. The van der Waals surface area contributed by atoms with Crippen LogP contribution in [0.1, 0.15) is 19.4 Å². The fourth-order valence-electron chi connectivity index (χ4n) is 2.28. The van der Waals surface area contributed by atoms with Gasteiger partial charge in [0.25, 0.3) is 0 Å². The third-order valence-electron chi connectivity index (χ3n) is 3.94. The number of hydrogen-bond donors (Lipinski definition) is 1. The molecule has 0 fully saturated rings. The van der Waals surface area contributed by atoms with E-state index in [1.807, 2.05) is 45.0 Å². The van der Waals surface area contributed by atoms with Crippen LogP contribution in [-0.4, -0.2) is 64.2 Å². The summed E-state index contributed by atoms with van der Waals surface area (Å²) in [5, 5.41) is 12.1. The summed E-state index contributed by atoms with van der Waals surface area (Å²) in [4.78, 5) is 27.5. The second-order valence-electron chi connectivity index (χ2n) is 5.97. The van der Waals surface area contributed by atoms with Crippen molar-refractivity contribution in [3.8, 4) is 0 Å². The molecule has 0 bridgehead atoms. The van der Waals surface area contributed by atoms with E-state index in [0.29, 0.717) is 22.6 Å². The standard InChI is InChI=1S/C18H25N5O2S2/c1-5-23(6-2)15(24)11-22(4)16(25)12-26-18-21-20-17(27-18)19-14-9-7-13(3)8-10-14/h7-10H,5-6,11-12H2,1-4H3,(H,19,20). The van der Waals surface area contributed by atoms with Crippen LogP contribution in [0.3, 0.4) is 0 Å². The second-order valence-corrected chi connectivity index (χ2v) is 8.17. The van der Waals surface area contributed by atoms with Crippen LogP contribution in [0.4, 0.5) is 10.8 Å². The third kappa shape index (κ3) is 6.51. The summed E-state index contributed by atoms with van der Waals surface area (Å²) in [6.07, 6.45) is 0. The molecular formula is C18H25N5O2S2. The van der Waals surface area contributed by atoms with Crippen molar-refractivity contribution in [2.45, 2.75) is 25.1 Å². The summed E-state index contributed by atoms with van der Waals surface area (Å²) in [5.74, 6) is 0.0754. The Kier molecular flexibility index (Phi) is 8.05. The van der Waals surface area contributed by atoms with Gasteiger partial charge in [0.05, 0.1) is 12.3 Å². The van der Waals surface area contributed by atoms with Crippen molar-refractivity contribution in [1.29, 1.82) is 0 Å². The van der Waals surface area contributed by atoms with Crippen LogP contribution in [0.2, 0.25) is 0 Å². The molecule has 0 saturated heterocycles. The fraction of sp³-hybridized carbons (Fsp3) is 0.444. The van der Waals surface area contributed by atoms with E-state index in [9.17, 15) is 9.59 Å². The van der Waals surface area contributed by atoms with Gasteiger partial charge in [0.2, 0.25) is 16.9 Å². The van der Waals surface area contributed by atoms with E-state index in [-0.39, 0.29) is 24.1 Å². The van der Waals surface area contributed by atoms with Gasteiger partial charge in [0.1, 0.15) is 0 Å². The molecule has 9 heteroatoms. The van der Waals surface area contributed by atoms with Gasteiger partial charge >= 0.3 is 0 Å². The Labute approximate surface area is 168 Å². The molecule has 1 aromatic heterocycles. The number of rotatable bonds is 9. The van der Waals surface area contributed by atoms with Gasteiger partial charge in [0.15, 0.2) is 4.34 Å². The Morgan fingerprint density at radius 3 is 2.41 bits per heavy atom.